The molecule has 0 aromatic heterocycles. The summed E-state index contributed by atoms with van der Waals surface area (Å²) < 4.78 is 4.85. The van der Waals surface area contributed by atoms with Crippen molar-refractivity contribution >= 4 is 17.5 Å². The van der Waals surface area contributed by atoms with Crippen molar-refractivity contribution in [2.24, 2.45) is 0 Å². The molecule has 0 fully saturated rings. The van der Waals surface area contributed by atoms with Crippen molar-refractivity contribution in [3.05, 3.63) is 29.3 Å². The van der Waals surface area contributed by atoms with Gasteiger partial charge in [-0.15, -0.1) is 0 Å². The van der Waals surface area contributed by atoms with Crippen LogP contribution in [0.4, 0.5) is 5.69 Å². The highest BCUT2D eigenvalue weighted by Crippen LogP contribution is 2.30. The fraction of sp³-hybridized carbons (Fsp3) is 0.556. The van der Waals surface area contributed by atoms with Crippen molar-refractivity contribution in [2.45, 2.75) is 12.5 Å². The number of amides is 2. The molecule has 25 heavy (non-hydrogen) atoms. The third kappa shape index (κ3) is 4.93. The summed E-state index contributed by atoms with van der Waals surface area (Å²) in [4.78, 5) is 28.0. The van der Waals surface area contributed by atoms with Crippen LogP contribution in [0.3, 0.4) is 0 Å². The number of fused-ring (bicyclic) bond motifs is 1. The van der Waals surface area contributed by atoms with Gasteiger partial charge in [0.25, 0.3) is 0 Å². The summed E-state index contributed by atoms with van der Waals surface area (Å²) >= 11 is 0. The second-order valence-corrected chi connectivity index (χ2v) is 6.50. The number of hydrogen-bond donors (Lipinski definition) is 2. The van der Waals surface area contributed by atoms with Crippen LogP contribution in [0.5, 0.6) is 0 Å². The Morgan fingerprint density at radius 2 is 2.00 bits per heavy atom. The van der Waals surface area contributed by atoms with E-state index >= 15 is 0 Å². The average molecular weight is 348 g/mol. The van der Waals surface area contributed by atoms with Crippen LogP contribution >= 0.6 is 0 Å². The summed E-state index contributed by atoms with van der Waals surface area (Å²) in [6, 6.07) is 6.43. The van der Waals surface area contributed by atoms with Gasteiger partial charge >= 0.3 is 11.8 Å². The number of rotatable bonds is 7. The van der Waals surface area contributed by atoms with E-state index < -0.39 is 11.8 Å². The maximum atomic E-state index is 11.9. The molecule has 1 aliphatic rings. The van der Waals surface area contributed by atoms with Gasteiger partial charge in [-0.25, -0.2) is 0 Å². The van der Waals surface area contributed by atoms with E-state index in [4.69, 9.17) is 4.74 Å². The van der Waals surface area contributed by atoms with E-state index in [0.717, 1.165) is 18.5 Å². The van der Waals surface area contributed by atoms with Gasteiger partial charge in [-0.3, -0.25) is 9.59 Å². The van der Waals surface area contributed by atoms with Crippen LogP contribution in [-0.2, 0) is 20.7 Å². The van der Waals surface area contributed by atoms with Gasteiger partial charge in [-0.2, -0.15) is 0 Å². The molecule has 1 heterocycles. The standard InChI is InChI=1S/C18H28N4O3/c1-21(2)16(12-20-18(24)17(23)19-8-10-25-4)13-5-6-15-14(11-13)7-9-22(15)3/h5-6,11,16H,7-10,12H2,1-4H3,(H,19,23)(H,20,24)/t16-/m0/s1. The molecule has 1 aromatic rings. The lowest BCUT2D eigenvalue weighted by Gasteiger charge is -2.26. The summed E-state index contributed by atoms with van der Waals surface area (Å²) in [6.45, 7) is 2.10. The monoisotopic (exact) mass is 348 g/mol. The molecule has 138 valence electrons. The van der Waals surface area contributed by atoms with E-state index in [1.807, 2.05) is 19.0 Å². The molecule has 0 aliphatic carbocycles. The SMILES string of the molecule is COCCNC(=O)C(=O)NC[C@@H](c1ccc2c(c1)CCN2C)N(C)C. The minimum atomic E-state index is -0.634. The molecule has 7 heteroatoms. The molecular weight excluding hydrogens is 320 g/mol. The number of nitrogens with one attached hydrogen (secondary N) is 2. The zero-order valence-corrected chi connectivity index (χ0v) is 15.5. The van der Waals surface area contributed by atoms with Crippen LogP contribution in [0.2, 0.25) is 0 Å². The summed E-state index contributed by atoms with van der Waals surface area (Å²) in [6.07, 6.45) is 1.04. The average Bonchev–Trinajstić information content (AvgIpc) is 2.95. The molecule has 2 rings (SSSR count). The minimum Gasteiger partial charge on any atom is -0.383 e. The topological polar surface area (TPSA) is 73.9 Å². The molecular formula is C18H28N4O3. The van der Waals surface area contributed by atoms with Crippen LogP contribution in [0.1, 0.15) is 17.2 Å². The summed E-state index contributed by atoms with van der Waals surface area (Å²) in [7, 11) is 7.57. The first-order valence-electron chi connectivity index (χ1n) is 8.49. The molecule has 0 spiro atoms. The van der Waals surface area contributed by atoms with Crippen LogP contribution in [0, 0.1) is 0 Å². The Balaban J connectivity index is 1.97. The van der Waals surface area contributed by atoms with Gasteiger partial charge in [0.1, 0.15) is 0 Å². The molecule has 0 unspecified atom stereocenters. The van der Waals surface area contributed by atoms with Gasteiger partial charge in [0, 0.05) is 39.5 Å². The van der Waals surface area contributed by atoms with Crippen molar-refractivity contribution in [1.82, 2.24) is 15.5 Å². The Labute approximate surface area is 149 Å². The number of benzene rings is 1. The fourth-order valence-electron chi connectivity index (χ4n) is 3.01. The molecule has 0 saturated carbocycles. The highest BCUT2D eigenvalue weighted by molar-refractivity contribution is 6.35. The quantitative estimate of drug-likeness (QED) is 0.542. The Kier molecular flexibility index (Phi) is 6.78. The van der Waals surface area contributed by atoms with Crippen molar-refractivity contribution in [1.29, 1.82) is 0 Å². The van der Waals surface area contributed by atoms with E-state index in [0.29, 0.717) is 19.7 Å². The zero-order valence-electron chi connectivity index (χ0n) is 15.5. The molecule has 0 radical (unpaired) electrons. The van der Waals surface area contributed by atoms with Crippen LogP contribution in [0.15, 0.2) is 18.2 Å². The van der Waals surface area contributed by atoms with Crippen molar-refractivity contribution in [2.75, 3.05) is 59.4 Å². The second-order valence-electron chi connectivity index (χ2n) is 6.50. The van der Waals surface area contributed by atoms with E-state index in [1.54, 1.807) is 7.11 Å². The molecule has 1 aromatic carbocycles. The molecule has 1 atom stereocenters. The van der Waals surface area contributed by atoms with Crippen LogP contribution < -0.4 is 15.5 Å². The zero-order chi connectivity index (χ0) is 18.4. The number of methoxy groups -OCH3 is 1. The highest BCUT2D eigenvalue weighted by atomic mass is 16.5. The van der Waals surface area contributed by atoms with Gasteiger partial charge in [0.05, 0.1) is 12.6 Å². The Bertz CT molecular complexity index is 618. The summed E-state index contributed by atoms with van der Waals surface area (Å²) in [5.41, 5.74) is 3.73. The molecule has 0 saturated heterocycles. The maximum absolute atomic E-state index is 11.9. The predicted octanol–water partition coefficient (Wildman–Crippen LogP) is 0.160. The molecule has 7 nitrogen and oxygen atoms in total. The van der Waals surface area contributed by atoms with Gasteiger partial charge in [0.15, 0.2) is 0 Å². The summed E-state index contributed by atoms with van der Waals surface area (Å²) in [5.74, 6) is -1.26. The molecule has 2 N–H and O–H groups in total. The predicted molar refractivity (Wildman–Crippen MR) is 97.7 cm³/mol. The van der Waals surface area contributed by atoms with E-state index in [1.165, 1.54) is 11.3 Å². The van der Waals surface area contributed by atoms with Gasteiger partial charge in [0.2, 0.25) is 0 Å². The lowest BCUT2D eigenvalue weighted by atomic mass is 10.0. The number of nitrogens with zero attached hydrogens (tertiary/aromatic N) is 2. The molecule has 1 aliphatic heterocycles. The van der Waals surface area contributed by atoms with Gasteiger partial charge < -0.3 is 25.2 Å². The molecule has 0 bridgehead atoms. The third-order valence-electron chi connectivity index (χ3n) is 4.49. The van der Waals surface area contributed by atoms with Crippen molar-refractivity contribution in [3.63, 3.8) is 0 Å². The van der Waals surface area contributed by atoms with Gasteiger partial charge in [-0.05, 0) is 37.7 Å². The number of carbonyl (C=O) groups excluding carboxylic acids is 2. The number of hydrogen-bond acceptors (Lipinski definition) is 5. The largest absolute Gasteiger partial charge is 0.383 e. The maximum Gasteiger partial charge on any atom is 0.309 e. The Morgan fingerprint density at radius 1 is 1.28 bits per heavy atom. The lowest BCUT2D eigenvalue weighted by molar-refractivity contribution is -0.139. The fourth-order valence-corrected chi connectivity index (χ4v) is 3.01. The first kappa shape index (κ1) is 19.2. The Morgan fingerprint density at radius 3 is 2.68 bits per heavy atom. The molecule has 2 amide bonds. The van der Waals surface area contributed by atoms with Crippen LogP contribution in [0.25, 0.3) is 0 Å². The first-order valence-corrected chi connectivity index (χ1v) is 8.49. The van der Waals surface area contributed by atoms with E-state index in [-0.39, 0.29) is 6.04 Å². The first-order chi connectivity index (χ1) is 11.9. The number of likely N-dealkylation sites (N-methyl/N-ethyl adjacent to an activating group) is 2. The van der Waals surface area contributed by atoms with E-state index in [9.17, 15) is 9.59 Å². The van der Waals surface area contributed by atoms with Crippen molar-refractivity contribution in [3.8, 4) is 0 Å². The smallest absolute Gasteiger partial charge is 0.309 e. The van der Waals surface area contributed by atoms with E-state index in [2.05, 4.69) is 40.8 Å². The van der Waals surface area contributed by atoms with Crippen molar-refractivity contribution < 1.29 is 14.3 Å². The normalized spacial score (nSPS) is 14.4. The van der Waals surface area contributed by atoms with Crippen LogP contribution in [-0.4, -0.2) is 71.2 Å². The number of anilines is 1. The number of ether oxygens (including phenoxy) is 1. The van der Waals surface area contributed by atoms with Gasteiger partial charge in [-0.1, -0.05) is 12.1 Å². The third-order valence-corrected chi connectivity index (χ3v) is 4.49. The lowest BCUT2D eigenvalue weighted by Crippen LogP contribution is -2.43. The number of carbonyl (C=O) groups is 2. The Hall–Kier alpha value is -2.12. The minimum absolute atomic E-state index is 0.00642. The highest BCUT2D eigenvalue weighted by Gasteiger charge is 2.21. The second kappa shape index (κ2) is 8.82. The summed E-state index contributed by atoms with van der Waals surface area (Å²) in [5, 5.41) is 5.24.